The number of hydrogen-bond donors (Lipinski definition) is 4. The molecule has 0 spiro atoms. The molecular formula is C10H11ClN6O4S. The molecule has 4 N–H and O–H groups in total. The van der Waals surface area contributed by atoms with Crippen molar-refractivity contribution in [3.05, 3.63) is 16.7 Å². The first-order chi connectivity index (χ1) is 10.3. The number of H-pyrrole nitrogens is 2. The Kier molecular flexibility index (Phi) is 3.53. The van der Waals surface area contributed by atoms with Crippen LogP contribution in [0, 0.1) is 0 Å². The maximum absolute atomic E-state index is 11.8. The Morgan fingerprint density at radius 3 is 2.86 bits per heavy atom. The summed E-state index contributed by atoms with van der Waals surface area (Å²) in [6.07, 6.45) is 1.30. The molecule has 22 heavy (non-hydrogen) atoms. The van der Waals surface area contributed by atoms with Crippen molar-refractivity contribution in [2.75, 3.05) is 16.8 Å². The van der Waals surface area contributed by atoms with Gasteiger partial charge in [0.15, 0.2) is 21.0 Å². The maximum Gasteiger partial charge on any atom is 0.321 e. The summed E-state index contributed by atoms with van der Waals surface area (Å²) in [7, 11) is -3.25. The number of aromatic amines is 2. The number of carbonyl (C=O) groups is 1. The van der Waals surface area contributed by atoms with E-state index < -0.39 is 32.8 Å². The van der Waals surface area contributed by atoms with E-state index in [0.717, 1.165) is 0 Å². The number of sulfone groups is 1. The van der Waals surface area contributed by atoms with Crippen LogP contribution >= 0.6 is 11.6 Å². The average molecular weight is 347 g/mol. The summed E-state index contributed by atoms with van der Waals surface area (Å²) in [4.78, 5) is 36.3. The van der Waals surface area contributed by atoms with E-state index in [2.05, 4.69) is 30.6 Å². The van der Waals surface area contributed by atoms with Crippen molar-refractivity contribution in [1.82, 2.24) is 25.3 Å². The van der Waals surface area contributed by atoms with E-state index in [1.165, 1.54) is 6.33 Å². The monoisotopic (exact) mass is 346 g/mol. The molecule has 1 fully saturated rings. The highest BCUT2D eigenvalue weighted by Crippen LogP contribution is 2.18. The van der Waals surface area contributed by atoms with Crippen LogP contribution in [0.15, 0.2) is 11.1 Å². The third-order valence-electron chi connectivity index (χ3n) is 3.13. The molecule has 0 unspecified atom stereocenters. The number of imidazole rings is 1. The summed E-state index contributed by atoms with van der Waals surface area (Å²) in [5.41, 5.74) is -0.150. The summed E-state index contributed by atoms with van der Waals surface area (Å²) in [6.45, 7) is 0. The lowest BCUT2D eigenvalue weighted by Gasteiger charge is -2.14. The number of urea groups is 1. The predicted octanol–water partition coefficient (Wildman–Crippen LogP) is -0.828. The molecule has 2 amide bonds. The third-order valence-corrected chi connectivity index (χ3v) is 5.50. The quantitative estimate of drug-likeness (QED) is 0.521. The largest absolute Gasteiger partial charge is 0.339 e. The first-order valence-electron chi connectivity index (χ1n) is 6.19. The van der Waals surface area contributed by atoms with Gasteiger partial charge in [-0.2, -0.15) is 4.98 Å². The van der Waals surface area contributed by atoms with Crippen LogP contribution in [-0.4, -0.2) is 57.3 Å². The van der Waals surface area contributed by atoms with Crippen molar-refractivity contribution < 1.29 is 13.2 Å². The second-order valence-corrected chi connectivity index (χ2v) is 7.53. The molecule has 1 saturated heterocycles. The van der Waals surface area contributed by atoms with Gasteiger partial charge < -0.3 is 10.3 Å². The lowest BCUT2D eigenvalue weighted by atomic mass is 10.2. The van der Waals surface area contributed by atoms with Crippen LogP contribution in [0.2, 0.25) is 0 Å². The van der Waals surface area contributed by atoms with E-state index in [1.54, 1.807) is 0 Å². The minimum absolute atomic E-state index is 0.103. The van der Waals surface area contributed by atoms with Gasteiger partial charge in [-0.15, -0.1) is 11.6 Å². The van der Waals surface area contributed by atoms with Crippen molar-refractivity contribution in [3.8, 4) is 0 Å². The van der Waals surface area contributed by atoms with Gasteiger partial charge in [-0.25, -0.2) is 18.2 Å². The van der Waals surface area contributed by atoms with Crippen molar-refractivity contribution in [2.24, 2.45) is 0 Å². The molecule has 2 aromatic rings. The van der Waals surface area contributed by atoms with Crippen molar-refractivity contribution in [2.45, 2.75) is 11.4 Å². The number of anilines is 1. The zero-order valence-corrected chi connectivity index (χ0v) is 12.5. The Bertz CT molecular complexity index is 890. The number of halogens is 1. The molecule has 0 bridgehead atoms. The van der Waals surface area contributed by atoms with E-state index in [0.29, 0.717) is 0 Å². The van der Waals surface area contributed by atoms with Gasteiger partial charge in [-0.3, -0.25) is 15.1 Å². The second-order valence-electron chi connectivity index (χ2n) is 4.81. The number of rotatable bonds is 2. The van der Waals surface area contributed by atoms with Gasteiger partial charge in [-0.05, 0) is 0 Å². The van der Waals surface area contributed by atoms with Gasteiger partial charge in [0.1, 0.15) is 0 Å². The second kappa shape index (κ2) is 5.25. The molecule has 0 radical (unpaired) electrons. The molecule has 1 aliphatic heterocycles. The number of fused-ring (bicyclic) bond motifs is 1. The number of nitrogens with one attached hydrogen (secondary N) is 4. The standard InChI is InChI=1S/C10H11ClN6O4S/c11-4-1-22(20,21)2-5(4)14-10(19)17-9-15-7-6(8(18)16-9)12-3-13-7/h3-5H,1-2H2,(H4,12,13,14,15,16,17,18,19)/t4-,5-/m1/s1. The van der Waals surface area contributed by atoms with Gasteiger partial charge >= 0.3 is 6.03 Å². The molecule has 3 rings (SSSR count). The smallest absolute Gasteiger partial charge is 0.321 e. The number of amides is 2. The van der Waals surface area contributed by atoms with E-state index in [-0.39, 0.29) is 28.6 Å². The van der Waals surface area contributed by atoms with Gasteiger partial charge in [0, 0.05) is 0 Å². The molecule has 12 heteroatoms. The van der Waals surface area contributed by atoms with Crippen molar-refractivity contribution in [1.29, 1.82) is 0 Å². The lowest BCUT2D eigenvalue weighted by molar-refractivity contribution is 0.249. The molecule has 10 nitrogen and oxygen atoms in total. The minimum Gasteiger partial charge on any atom is -0.339 e. The van der Waals surface area contributed by atoms with Crippen LogP contribution in [0.5, 0.6) is 0 Å². The Morgan fingerprint density at radius 2 is 2.18 bits per heavy atom. The van der Waals surface area contributed by atoms with Gasteiger partial charge in [0.05, 0.1) is 29.3 Å². The molecule has 118 valence electrons. The number of carbonyl (C=O) groups excluding carboxylic acids is 1. The average Bonchev–Trinajstić information content (AvgIpc) is 2.94. The van der Waals surface area contributed by atoms with Crippen LogP contribution in [-0.2, 0) is 9.84 Å². The summed E-state index contributed by atoms with van der Waals surface area (Å²) in [6, 6.07) is -1.42. The van der Waals surface area contributed by atoms with E-state index in [9.17, 15) is 18.0 Å². The van der Waals surface area contributed by atoms with Crippen LogP contribution in [0.25, 0.3) is 11.2 Å². The highest BCUT2D eigenvalue weighted by atomic mass is 35.5. The lowest BCUT2D eigenvalue weighted by Crippen LogP contribution is -2.43. The van der Waals surface area contributed by atoms with Gasteiger partial charge in [-0.1, -0.05) is 0 Å². The first kappa shape index (κ1) is 14.8. The fourth-order valence-corrected chi connectivity index (χ4v) is 4.70. The molecule has 1 aliphatic rings. The Hall–Kier alpha value is -2.14. The maximum atomic E-state index is 11.8. The fourth-order valence-electron chi connectivity index (χ4n) is 2.15. The van der Waals surface area contributed by atoms with E-state index in [4.69, 9.17) is 11.6 Å². The number of aromatic nitrogens is 4. The highest BCUT2D eigenvalue weighted by Gasteiger charge is 2.37. The molecular weight excluding hydrogens is 336 g/mol. The molecule has 0 saturated carbocycles. The van der Waals surface area contributed by atoms with Gasteiger partial charge in [0.25, 0.3) is 5.56 Å². The first-order valence-corrected chi connectivity index (χ1v) is 8.45. The Labute approximate surface area is 128 Å². The summed E-state index contributed by atoms with van der Waals surface area (Å²) in [5.74, 6) is -0.515. The zero-order valence-electron chi connectivity index (χ0n) is 11.0. The minimum atomic E-state index is -3.25. The molecule has 2 atom stereocenters. The highest BCUT2D eigenvalue weighted by molar-refractivity contribution is 7.91. The van der Waals surface area contributed by atoms with Gasteiger partial charge in [0.2, 0.25) is 5.95 Å². The van der Waals surface area contributed by atoms with Crippen LogP contribution in [0.1, 0.15) is 0 Å². The van der Waals surface area contributed by atoms with Crippen LogP contribution in [0.4, 0.5) is 10.7 Å². The fraction of sp³-hybridized carbons (Fsp3) is 0.400. The normalized spacial score (nSPS) is 23.5. The number of nitrogens with zero attached hydrogens (tertiary/aromatic N) is 2. The predicted molar refractivity (Wildman–Crippen MR) is 78.7 cm³/mol. The molecule has 3 heterocycles. The van der Waals surface area contributed by atoms with Crippen molar-refractivity contribution >= 4 is 44.6 Å². The number of alkyl halides is 1. The molecule has 2 aromatic heterocycles. The Balaban J connectivity index is 1.72. The topological polar surface area (TPSA) is 150 Å². The van der Waals surface area contributed by atoms with E-state index in [1.807, 2.05) is 0 Å². The van der Waals surface area contributed by atoms with Crippen molar-refractivity contribution in [3.63, 3.8) is 0 Å². The SMILES string of the molecule is O=C(Nc1nc2nc[nH]c2c(=O)[nH]1)N[C@@H]1CS(=O)(=O)C[C@H]1Cl. The Morgan fingerprint density at radius 1 is 1.41 bits per heavy atom. The third kappa shape index (κ3) is 2.90. The summed E-state index contributed by atoms with van der Waals surface area (Å²) in [5, 5.41) is 4.06. The molecule has 0 aliphatic carbocycles. The number of hydrogen-bond acceptors (Lipinski definition) is 6. The summed E-state index contributed by atoms with van der Waals surface area (Å²) >= 11 is 5.89. The van der Waals surface area contributed by atoms with Crippen LogP contribution in [0.3, 0.4) is 0 Å². The zero-order chi connectivity index (χ0) is 15.9. The summed E-state index contributed by atoms with van der Waals surface area (Å²) < 4.78 is 22.8. The van der Waals surface area contributed by atoms with Crippen LogP contribution < -0.4 is 16.2 Å². The molecule has 0 aromatic carbocycles. The van der Waals surface area contributed by atoms with E-state index >= 15 is 0 Å².